The third-order valence-corrected chi connectivity index (χ3v) is 3.59. The first-order valence-electron chi connectivity index (χ1n) is 7.64. The van der Waals surface area contributed by atoms with Gasteiger partial charge in [-0.15, -0.1) is 0 Å². The molecule has 1 amide bonds. The summed E-state index contributed by atoms with van der Waals surface area (Å²) in [5.41, 5.74) is 4.51. The smallest absolute Gasteiger partial charge is 0.274 e. The summed E-state index contributed by atoms with van der Waals surface area (Å²) < 4.78 is 0. The number of aryl methyl sites for hydroxylation is 2. The number of aromatic nitrogens is 1. The van der Waals surface area contributed by atoms with Gasteiger partial charge in [-0.05, 0) is 63.1 Å². The van der Waals surface area contributed by atoms with Crippen LogP contribution in [0.5, 0.6) is 0 Å². The largest absolute Gasteiger partial charge is 0.371 e. The molecule has 1 aromatic carbocycles. The fourth-order valence-electron chi connectivity index (χ4n) is 2.54. The van der Waals surface area contributed by atoms with Crippen LogP contribution in [0.1, 0.15) is 35.5 Å². The van der Waals surface area contributed by atoms with Crippen LogP contribution < -0.4 is 10.2 Å². The van der Waals surface area contributed by atoms with Gasteiger partial charge in [0.05, 0.1) is 11.9 Å². The number of pyridine rings is 1. The molecule has 0 aliphatic carbocycles. The van der Waals surface area contributed by atoms with Crippen molar-refractivity contribution in [3.8, 4) is 0 Å². The molecule has 1 heterocycles. The summed E-state index contributed by atoms with van der Waals surface area (Å²) >= 11 is 0. The first-order valence-corrected chi connectivity index (χ1v) is 7.64. The second kappa shape index (κ2) is 7.07. The molecule has 1 aromatic heterocycles. The van der Waals surface area contributed by atoms with E-state index in [-0.39, 0.29) is 5.91 Å². The maximum Gasteiger partial charge on any atom is 0.274 e. The zero-order valence-corrected chi connectivity index (χ0v) is 13.7. The Labute approximate surface area is 132 Å². The highest BCUT2D eigenvalue weighted by atomic mass is 16.1. The number of anilines is 2. The average Bonchev–Trinajstić information content (AvgIpc) is 2.48. The van der Waals surface area contributed by atoms with Gasteiger partial charge < -0.3 is 10.2 Å². The van der Waals surface area contributed by atoms with Gasteiger partial charge in [-0.3, -0.25) is 4.79 Å². The summed E-state index contributed by atoms with van der Waals surface area (Å²) in [6, 6.07) is 9.69. The molecule has 0 aliphatic rings. The van der Waals surface area contributed by atoms with Crippen LogP contribution in [-0.2, 0) is 0 Å². The van der Waals surface area contributed by atoms with E-state index in [0.717, 1.165) is 35.6 Å². The molecule has 1 N–H and O–H groups in total. The molecular weight excluding hydrogens is 274 g/mol. The summed E-state index contributed by atoms with van der Waals surface area (Å²) in [4.78, 5) is 18.7. The highest BCUT2D eigenvalue weighted by molar-refractivity contribution is 6.03. The van der Waals surface area contributed by atoms with Crippen LogP contribution in [0.25, 0.3) is 0 Å². The molecule has 2 aromatic rings. The minimum Gasteiger partial charge on any atom is -0.371 e. The van der Waals surface area contributed by atoms with Gasteiger partial charge in [-0.25, -0.2) is 4.98 Å². The van der Waals surface area contributed by atoms with Gasteiger partial charge in [0.25, 0.3) is 5.91 Å². The Balaban J connectivity index is 2.12. The molecule has 0 aliphatic heterocycles. The highest BCUT2D eigenvalue weighted by Gasteiger charge is 2.09. The molecule has 0 atom stereocenters. The van der Waals surface area contributed by atoms with E-state index in [0.29, 0.717) is 5.69 Å². The van der Waals surface area contributed by atoms with Crippen molar-refractivity contribution in [2.75, 3.05) is 23.3 Å². The fraction of sp³-hybridized carbons (Fsp3) is 0.333. The summed E-state index contributed by atoms with van der Waals surface area (Å²) in [6.07, 6.45) is 1.75. The number of nitrogens with zero attached hydrogens (tertiary/aromatic N) is 2. The Bertz CT molecular complexity index is 626. The number of nitrogens with one attached hydrogen (secondary N) is 1. The molecular formula is C18H23N3O. The normalized spacial score (nSPS) is 10.4. The molecule has 22 heavy (non-hydrogen) atoms. The van der Waals surface area contributed by atoms with Crippen LogP contribution in [0, 0.1) is 13.8 Å². The lowest BCUT2D eigenvalue weighted by molar-refractivity contribution is 0.102. The van der Waals surface area contributed by atoms with Crippen LogP contribution in [0.15, 0.2) is 36.5 Å². The lowest BCUT2D eigenvalue weighted by Gasteiger charge is -2.20. The molecule has 116 valence electrons. The third kappa shape index (κ3) is 3.85. The first-order chi connectivity index (χ1) is 10.5. The molecule has 0 bridgehead atoms. The Morgan fingerprint density at radius 3 is 2.23 bits per heavy atom. The van der Waals surface area contributed by atoms with Crippen LogP contribution >= 0.6 is 0 Å². The van der Waals surface area contributed by atoms with Crippen molar-refractivity contribution >= 4 is 17.3 Å². The lowest BCUT2D eigenvalue weighted by atomic mass is 10.1. The molecule has 0 spiro atoms. The summed E-state index contributed by atoms with van der Waals surface area (Å²) in [6.45, 7) is 10.1. The van der Waals surface area contributed by atoms with Crippen LogP contribution in [0.4, 0.5) is 11.4 Å². The standard InChI is InChI=1S/C18H23N3O/c1-5-21(6-2)16-7-8-17(19-12-16)18(22)20-15-10-13(3)9-14(4)11-15/h7-12H,5-6H2,1-4H3,(H,20,22). The van der Waals surface area contributed by atoms with Gasteiger partial charge in [0, 0.05) is 18.8 Å². The molecule has 0 saturated carbocycles. The number of hydrogen-bond acceptors (Lipinski definition) is 3. The summed E-state index contributed by atoms with van der Waals surface area (Å²) in [5, 5.41) is 2.90. The predicted molar refractivity (Wildman–Crippen MR) is 91.7 cm³/mol. The second-order valence-corrected chi connectivity index (χ2v) is 5.40. The van der Waals surface area contributed by atoms with E-state index < -0.39 is 0 Å². The molecule has 0 fully saturated rings. The quantitative estimate of drug-likeness (QED) is 0.913. The van der Waals surface area contributed by atoms with Gasteiger partial charge in [-0.2, -0.15) is 0 Å². The Hall–Kier alpha value is -2.36. The Morgan fingerprint density at radius 1 is 1.09 bits per heavy atom. The summed E-state index contributed by atoms with van der Waals surface area (Å²) in [7, 11) is 0. The Kier molecular flexibility index (Phi) is 5.15. The number of amides is 1. The SMILES string of the molecule is CCN(CC)c1ccc(C(=O)Nc2cc(C)cc(C)c2)nc1. The van der Waals surface area contributed by atoms with E-state index in [9.17, 15) is 4.79 Å². The minimum atomic E-state index is -0.184. The van der Waals surface area contributed by atoms with E-state index in [2.05, 4.69) is 35.1 Å². The van der Waals surface area contributed by atoms with E-state index in [1.807, 2.05) is 32.0 Å². The third-order valence-electron chi connectivity index (χ3n) is 3.59. The monoisotopic (exact) mass is 297 g/mol. The van der Waals surface area contributed by atoms with E-state index in [1.54, 1.807) is 12.3 Å². The van der Waals surface area contributed by atoms with Crippen LogP contribution in [-0.4, -0.2) is 24.0 Å². The van der Waals surface area contributed by atoms with Crippen LogP contribution in [0.2, 0.25) is 0 Å². The number of hydrogen-bond donors (Lipinski definition) is 1. The maximum absolute atomic E-state index is 12.3. The van der Waals surface area contributed by atoms with Gasteiger partial charge in [-0.1, -0.05) is 6.07 Å². The molecule has 2 rings (SSSR count). The number of rotatable bonds is 5. The summed E-state index contributed by atoms with van der Waals surface area (Å²) in [5.74, 6) is -0.184. The van der Waals surface area contributed by atoms with Crippen molar-refractivity contribution in [1.29, 1.82) is 0 Å². The first kappa shape index (κ1) is 16.0. The Morgan fingerprint density at radius 2 is 1.73 bits per heavy atom. The molecule has 0 saturated heterocycles. The maximum atomic E-state index is 12.3. The van der Waals surface area contributed by atoms with E-state index in [4.69, 9.17) is 0 Å². The van der Waals surface area contributed by atoms with E-state index >= 15 is 0 Å². The molecule has 0 unspecified atom stereocenters. The van der Waals surface area contributed by atoms with Crippen molar-refractivity contribution in [1.82, 2.24) is 4.98 Å². The van der Waals surface area contributed by atoms with Gasteiger partial charge in [0.1, 0.15) is 5.69 Å². The number of carbonyl (C=O) groups excluding carboxylic acids is 1. The fourth-order valence-corrected chi connectivity index (χ4v) is 2.54. The van der Waals surface area contributed by atoms with Crippen LogP contribution in [0.3, 0.4) is 0 Å². The lowest BCUT2D eigenvalue weighted by Crippen LogP contribution is -2.22. The van der Waals surface area contributed by atoms with Gasteiger partial charge >= 0.3 is 0 Å². The van der Waals surface area contributed by atoms with E-state index in [1.165, 1.54) is 0 Å². The van der Waals surface area contributed by atoms with Gasteiger partial charge in [0.2, 0.25) is 0 Å². The second-order valence-electron chi connectivity index (χ2n) is 5.40. The zero-order chi connectivity index (χ0) is 16.1. The van der Waals surface area contributed by atoms with Crippen molar-refractivity contribution in [3.05, 3.63) is 53.3 Å². The molecule has 0 radical (unpaired) electrons. The van der Waals surface area contributed by atoms with Crippen molar-refractivity contribution in [3.63, 3.8) is 0 Å². The average molecular weight is 297 g/mol. The zero-order valence-electron chi connectivity index (χ0n) is 13.7. The van der Waals surface area contributed by atoms with Gasteiger partial charge in [0.15, 0.2) is 0 Å². The van der Waals surface area contributed by atoms with Crippen molar-refractivity contribution in [2.24, 2.45) is 0 Å². The van der Waals surface area contributed by atoms with Crippen molar-refractivity contribution in [2.45, 2.75) is 27.7 Å². The topological polar surface area (TPSA) is 45.2 Å². The number of carbonyl (C=O) groups is 1. The van der Waals surface area contributed by atoms with Crippen molar-refractivity contribution < 1.29 is 4.79 Å². The molecule has 4 nitrogen and oxygen atoms in total. The minimum absolute atomic E-state index is 0.184. The molecule has 4 heteroatoms. The number of benzene rings is 1. The highest BCUT2D eigenvalue weighted by Crippen LogP contribution is 2.16. The predicted octanol–water partition coefficient (Wildman–Crippen LogP) is 3.80.